The van der Waals surface area contributed by atoms with E-state index in [1.165, 1.54) is 0 Å². The molecule has 0 aromatic heterocycles. The lowest BCUT2D eigenvalue weighted by Gasteiger charge is -2.40. The molecule has 8 nitrogen and oxygen atoms in total. The Kier molecular flexibility index (Phi) is 10.5. The van der Waals surface area contributed by atoms with Crippen molar-refractivity contribution in [2.24, 2.45) is 0 Å². The number of nitrogens with zero attached hydrogens (tertiary/aromatic N) is 1. The molecular weight excluding hydrogens is 520 g/mol. The first kappa shape index (κ1) is 29.8. The van der Waals surface area contributed by atoms with Gasteiger partial charge in [0.25, 0.3) is 5.91 Å². The van der Waals surface area contributed by atoms with Gasteiger partial charge in [0.15, 0.2) is 11.5 Å². The maximum Gasteiger partial charge on any atom is 0.305 e. The molecule has 0 radical (unpaired) electrons. The quantitative estimate of drug-likeness (QED) is 0.182. The van der Waals surface area contributed by atoms with E-state index in [0.717, 1.165) is 48.4 Å². The summed E-state index contributed by atoms with van der Waals surface area (Å²) in [5.74, 6) is 1.71. The largest absolute Gasteiger partial charge is 0.494 e. The van der Waals surface area contributed by atoms with E-state index in [1.54, 1.807) is 32.4 Å². The van der Waals surface area contributed by atoms with Crippen LogP contribution in [0.15, 0.2) is 66.7 Å². The average Bonchev–Trinajstić information content (AvgIpc) is 2.99. The van der Waals surface area contributed by atoms with E-state index in [0.29, 0.717) is 36.7 Å². The Morgan fingerprint density at radius 3 is 2.41 bits per heavy atom. The SMILES string of the molecule is CCOC(=O)CCCCCOc1ccc(NC2CC(C)N(C(=O)c3ccc(OC)c(OC)c3)c3ccccc32)cc1. The zero-order chi connectivity index (χ0) is 29.2. The molecule has 3 aromatic rings. The molecule has 2 unspecified atom stereocenters. The summed E-state index contributed by atoms with van der Waals surface area (Å²) in [7, 11) is 3.14. The van der Waals surface area contributed by atoms with E-state index in [4.69, 9.17) is 18.9 Å². The van der Waals surface area contributed by atoms with Gasteiger partial charge in [0.05, 0.1) is 33.5 Å². The predicted octanol–water partition coefficient (Wildman–Crippen LogP) is 6.80. The summed E-state index contributed by atoms with van der Waals surface area (Å²) in [6.07, 6.45) is 3.82. The van der Waals surface area contributed by atoms with Gasteiger partial charge in [-0.1, -0.05) is 18.2 Å². The normalized spacial score (nSPS) is 16.0. The van der Waals surface area contributed by atoms with Crippen molar-refractivity contribution in [3.05, 3.63) is 77.9 Å². The van der Waals surface area contributed by atoms with Crippen LogP contribution in [-0.2, 0) is 9.53 Å². The van der Waals surface area contributed by atoms with Crippen LogP contribution >= 0.6 is 0 Å². The first-order valence-corrected chi connectivity index (χ1v) is 14.2. The molecule has 8 heteroatoms. The molecule has 0 saturated heterocycles. The average molecular weight is 561 g/mol. The van der Waals surface area contributed by atoms with Gasteiger partial charge in [-0.25, -0.2) is 0 Å². The molecule has 0 fully saturated rings. The fraction of sp³-hybridized carbons (Fsp3) is 0.394. The summed E-state index contributed by atoms with van der Waals surface area (Å²) in [5.41, 5.74) is 3.50. The van der Waals surface area contributed by atoms with Gasteiger partial charge in [-0.2, -0.15) is 0 Å². The second kappa shape index (κ2) is 14.4. The van der Waals surface area contributed by atoms with Gasteiger partial charge in [0, 0.05) is 29.4 Å². The van der Waals surface area contributed by atoms with Crippen LogP contribution in [0.25, 0.3) is 0 Å². The molecule has 1 amide bonds. The van der Waals surface area contributed by atoms with E-state index in [-0.39, 0.29) is 24.0 Å². The van der Waals surface area contributed by atoms with Crippen LogP contribution in [0.1, 0.15) is 67.9 Å². The van der Waals surface area contributed by atoms with Crippen LogP contribution in [0.4, 0.5) is 11.4 Å². The number of para-hydroxylation sites is 1. The molecular formula is C33H40N2O6. The van der Waals surface area contributed by atoms with E-state index in [2.05, 4.69) is 18.3 Å². The Bertz CT molecular complexity index is 1310. The fourth-order valence-corrected chi connectivity index (χ4v) is 5.19. The number of amides is 1. The Morgan fingerprint density at radius 2 is 1.68 bits per heavy atom. The molecule has 0 bridgehead atoms. The predicted molar refractivity (Wildman–Crippen MR) is 160 cm³/mol. The number of rotatable bonds is 13. The number of carbonyl (C=O) groups is 2. The van der Waals surface area contributed by atoms with E-state index in [1.807, 2.05) is 54.3 Å². The first-order chi connectivity index (χ1) is 19.9. The Balaban J connectivity index is 1.38. The zero-order valence-corrected chi connectivity index (χ0v) is 24.4. The van der Waals surface area contributed by atoms with E-state index in [9.17, 15) is 9.59 Å². The number of hydrogen-bond acceptors (Lipinski definition) is 7. The molecule has 3 aromatic carbocycles. The summed E-state index contributed by atoms with van der Waals surface area (Å²) in [6, 6.07) is 21.3. The second-order valence-corrected chi connectivity index (χ2v) is 10.1. The van der Waals surface area contributed by atoms with Crippen LogP contribution < -0.4 is 24.4 Å². The Labute approximate surface area is 242 Å². The van der Waals surface area contributed by atoms with Crippen LogP contribution in [0, 0.1) is 0 Å². The topological polar surface area (TPSA) is 86.3 Å². The van der Waals surface area contributed by atoms with Crippen LogP contribution in [0.5, 0.6) is 17.2 Å². The Morgan fingerprint density at radius 1 is 0.927 bits per heavy atom. The summed E-state index contributed by atoms with van der Waals surface area (Å²) in [5, 5.41) is 3.66. The van der Waals surface area contributed by atoms with Crippen molar-refractivity contribution in [3.8, 4) is 17.2 Å². The van der Waals surface area contributed by atoms with Crippen molar-refractivity contribution in [3.63, 3.8) is 0 Å². The van der Waals surface area contributed by atoms with Gasteiger partial charge in [-0.15, -0.1) is 0 Å². The lowest BCUT2D eigenvalue weighted by atomic mass is 9.90. The molecule has 0 saturated carbocycles. The number of benzene rings is 3. The number of ether oxygens (including phenoxy) is 4. The number of fused-ring (bicyclic) bond motifs is 1. The number of esters is 1. The first-order valence-electron chi connectivity index (χ1n) is 14.2. The highest BCUT2D eigenvalue weighted by molar-refractivity contribution is 6.07. The minimum absolute atomic E-state index is 0.0329. The fourth-order valence-electron chi connectivity index (χ4n) is 5.19. The summed E-state index contributed by atoms with van der Waals surface area (Å²) in [6.45, 7) is 4.93. The molecule has 0 aliphatic carbocycles. The van der Waals surface area contributed by atoms with Gasteiger partial charge < -0.3 is 29.2 Å². The van der Waals surface area contributed by atoms with Gasteiger partial charge >= 0.3 is 5.97 Å². The van der Waals surface area contributed by atoms with Crippen molar-refractivity contribution >= 4 is 23.3 Å². The zero-order valence-electron chi connectivity index (χ0n) is 24.4. The highest BCUT2D eigenvalue weighted by Crippen LogP contribution is 2.40. The van der Waals surface area contributed by atoms with Crippen LogP contribution in [0.3, 0.4) is 0 Å². The molecule has 2 atom stereocenters. The molecule has 1 heterocycles. The van der Waals surface area contributed by atoms with Crippen LogP contribution in [0.2, 0.25) is 0 Å². The van der Waals surface area contributed by atoms with Gasteiger partial charge in [0.1, 0.15) is 5.75 Å². The smallest absolute Gasteiger partial charge is 0.305 e. The second-order valence-electron chi connectivity index (χ2n) is 10.1. The minimum atomic E-state index is -0.135. The van der Waals surface area contributed by atoms with Gasteiger partial charge in [-0.05, 0) is 93.6 Å². The molecule has 1 aliphatic rings. The van der Waals surface area contributed by atoms with E-state index < -0.39 is 0 Å². The standard InChI is InChI=1S/C33H40N2O6/c1-5-40-32(36)13-7-6-10-20-41-26-17-15-25(16-18-26)34-28-21-23(2)35(29-12-9-8-11-27(28)29)33(37)24-14-19-30(38-3)31(22-24)39-4/h8-9,11-12,14-19,22-23,28,34H,5-7,10,13,20-21H2,1-4H3. The van der Waals surface area contributed by atoms with Gasteiger partial charge in [0.2, 0.25) is 0 Å². The third-order valence-electron chi connectivity index (χ3n) is 7.23. The minimum Gasteiger partial charge on any atom is -0.494 e. The van der Waals surface area contributed by atoms with E-state index >= 15 is 0 Å². The Hall–Kier alpha value is -4.20. The number of nitrogens with one attached hydrogen (secondary N) is 1. The summed E-state index contributed by atoms with van der Waals surface area (Å²) in [4.78, 5) is 27.0. The maximum absolute atomic E-state index is 13.7. The van der Waals surface area contributed by atoms with Crippen molar-refractivity contribution in [2.45, 2.75) is 58.0 Å². The molecule has 218 valence electrons. The monoisotopic (exact) mass is 560 g/mol. The molecule has 41 heavy (non-hydrogen) atoms. The number of anilines is 2. The van der Waals surface area contributed by atoms with Crippen LogP contribution in [-0.4, -0.2) is 45.4 Å². The molecule has 4 rings (SSSR count). The van der Waals surface area contributed by atoms with Crippen molar-refractivity contribution in [1.29, 1.82) is 0 Å². The molecule has 0 spiro atoms. The number of unbranched alkanes of at least 4 members (excludes halogenated alkanes) is 2. The third kappa shape index (κ3) is 7.51. The summed E-state index contributed by atoms with van der Waals surface area (Å²) < 4.78 is 21.6. The number of hydrogen-bond donors (Lipinski definition) is 1. The third-order valence-corrected chi connectivity index (χ3v) is 7.23. The maximum atomic E-state index is 13.7. The van der Waals surface area contributed by atoms with Crippen molar-refractivity contribution in [2.75, 3.05) is 37.7 Å². The van der Waals surface area contributed by atoms with Crippen molar-refractivity contribution < 1.29 is 28.5 Å². The lowest BCUT2D eigenvalue weighted by Crippen LogP contribution is -2.44. The summed E-state index contributed by atoms with van der Waals surface area (Å²) >= 11 is 0. The lowest BCUT2D eigenvalue weighted by molar-refractivity contribution is -0.143. The number of methoxy groups -OCH3 is 2. The van der Waals surface area contributed by atoms with Crippen molar-refractivity contribution in [1.82, 2.24) is 0 Å². The molecule has 1 aliphatic heterocycles. The molecule has 1 N–H and O–H groups in total. The number of carbonyl (C=O) groups excluding carboxylic acids is 2. The highest BCUT2D eigenvalue weighted by atomic mass is 16.5. The van der Waals surface area contributed by atoms with Gasteiger partial charge in [-0.3, -0.25) is 9.59 Å². The highest BCUT2D eigenvalue weighted by Gasteiger charge is 2.34.